The summed E-state index contributed by atoms with van der Waals surface area (Å²) < 4.78 is 4.92. The number of nitrogens with one attached hydrogen (secondary N) is 2. The SMILES string of the molecule is COC(=O)[C@H]1C(=O)C2=C(C[C@@H]1C)Nc1ccccc1N[C@H]2c1ccc(Cl)c(Cl)c1. The van der Waals surface area contributed by atoms with E-state index in [4.69, 9.17) is 27.9 Å². The fourth-order valence-corrected chi connectivity index (χ4v) is 4.38. The number of ketones is 1. The van der Waals surface area contributed by atoms with E-state index < -0.39 is 17.9 Å². The van der Waals surface area contributed by atoms with Gasteiger partial charge in [0.15, 0.2) is 5.78 Å². The topological polar surface area (TPSA) is 67.4 Å². The smallest absolute Gasteiger partial charge is 0.316 e. The van der Waals surface area contributed by atoms with Gasteiger partial charge in [0.1, 0.15) is 5.92 Å². The number of methoxy groups -OCH3 is 1. The summed E-state index contributed by atoms with van der Waals surface area (Å²) >= 11 is 12.4. The molecule has 7 heteroatoms. The second-order valence-corrected chi connectivity index (χ2v) is 8.17. The lowest BCUT2D eigenvalue weighted by molar-refractivity contribution is -0.151. The molecule has 2 aromatic carbocycles. The number of halogens is 2. The molecule has 2 aliphatic rings. The Morgan fingerprint density at radius 2 is 1.83 bits per heavy atom. The molecule has 0 radical (unpaired) electrons. The van der Waals surface area contributed by atoms with Crippen LogP contribution >= 0.6 is 23.2 Å². The summed E-state index contributed by atoms with van der Waals surface area (Å²) in [5.41, 5.74) is 3.84. The Hall–Kier alpha value is -2.50. The minimum absolute atomic E-state index is 0.180. The number of esters is 1. The maximum absolute atomic E-state index is 13.5. The number of fused-ring (bicyclic) bond motifs is 1. The van der Waals surface area contributed by atoms with Gasteiger partial charge >= 0.3 is 5.97 Å². The van der Waals surface area contributed by atoms with E-state index >= 15 is 0 Å². The fraction of sp³-hybridized carbons (Fsp3) is 0.273. The Kier molecular flexibility index (Phi) is 5.28. The Morgan fingerprint density at radius 1 is 1.10 bits per heavy atom. The first kappa shape index (κ1) is 19.8. The van der Waals surface area contributed by atoms with Crippen molar-refractivity contribution in [1.29, 1.82) is 0 Å². The van der Waals surface area contributed by atoms with Crippen LogP contribution in [-0.4, -0.2) is 18.9 Å². The molecule has 0 bridgehead atoms. The van der Waals surface area contributed by atoms with Gasteiger partial charge in [-0.05, 0) is 42.2 Å². The van der Waals surface area contributed by atoms with Crippen LogP contribution in [0.4, 0.5) is 11.4 Å². The summed E-state index contributed by atoms with van der Waals surface area (Å²) in [5, 5.41) is 7.70. The minimum atomic E-state index is -0.839. The molecule has 3 atom stereocenters. The van der Waals surface area contributed by atoms with Gasteiger partial charge in [-0.3, -0.25) is 9.59 Å². The highest BCUT2D eigenvalue weighted by atomic mass is 35.5. The van der Waals surface area contributed by atoms with E-state index in [-0.39, 0.29) is 11.7 Å². The van der Waals surface area contributed by atoms with Crippen molar-refractivity contribution in [2.45, 2.75) is 19.4 Å². The van der Waals surface area contributed by atoms with E-state index in [0.717, 1.165) is 22.6 Å². The molecule has 1 aliphatic carbocycles. The second-order valence-electron chi connectivity index (χ2n) is 7.36. The van der Waals surface area contributed by atoms with Crippen LogP contribution < -0.4 is 10.6 Å². The molecule has 2 aromatic rings. The van der Waals surface area contributed by atoms with Crippen molar-refractivity contribution in [3.63, 3.8) is 0 Å². The zero-order valence-electron chi connectivity index (χ0n) is 16.0. The molecule has 5 nitrogen and oxygen atoms in total. The molecule has 150 valence electrons. The van der Waals surface area contributed by atoms with Crippen LogP contribution in [0, 0.1) is 11.8 Å². The number of allylic oxidation sites excluding steroid dienone is 1. The van der Waals surface area contributed by atoms with E-state index in [1.54, 1.807) is 12.1 Å². The van der Waals surface area contributed by atoms with Gasteiger partial charge in [0.25, 0.3) is 0 Å². The van der Waals surface area contributed by atoms with Crippen molar-refractivity contribution in [3.05, 3.63) is 69.3 Å². The Labute approximate surface area is 179 Å². The van der Waals surface area contributed by atoms with Gasteiger partial charge in [-0.2, -0.15) is 0 Å². The summed E-state index contributed by atoms with van der Waals surface area (Å²) in [6.07, 6.45) is 0.550. The number of para-hydroxylation sites is 2. The predicted octanol–water partition coefficient (Wildman–Crippen LogP) is 5.22. The van der Waals surface area contributed by atoms with Crippen LogP contribution in [0.25, 0.3) is 0 Å². The zero-order valence-corrected chi connectivity index (χ0v) is 17.5. The van der Waals surface area contributed by atoms with E-state index in [2.05, 4.69) is 10.6 Å². The van der Waals surface area contributed by atoms with Crippen LogP contribution in [0.2, 0.25) is 10.0 Å². The minimum Gasteiger partial charge on any atom is -0.468 e. The Balaban J connectivity index is 1.89. The first-order valence-electron chi connectivity index (χ1n) is 9.33. The van der Waals surface area contributed by atoms with Crippen molar-refractivity contribution < 1.29 is 14.3 Å². The van der Waals surface area contributed by atoms with E-state index in [1.165, 1.54) is 7.11 Å². The number of benzene rings is 2. The summed E-state index contributed by atoms with van der Waals surface area (Å²) in [6.45, 7) is 1.89. The number of Topliss-reactive ketones (excluding diaryl/α,β-unsaturated/α-hetero) is 1. The molecule has 0 spiro atoms. The molecular weight excluding hydrogens is 411 g/mol. The first-order valence-corrected chi connectivity index (χ1v) is 10.1. The number of ether oxygens (including phenoxy) is 1. The van der Waals surface area contributed by atoms with Gasteiger partial charge < -0.3 is 15.4 Å². The van der Waals surface area contributed by atoms with Gasteiger partial charge in [0, 0.05) is 11.3 Å². The number of anilines is 2. The lowest BCUT2D eigenvalue weighted by Gasteiger charge is -2.32. The third-order valence-corrected chi connectivity index (χ3v) is 6.24. The largest absolute Gasteiger partial charge is 0.468 e. The maximum Gasteiger partial charge on any atom is 0.316 e. The summed E-state index contributed by atoms with van der Waals surface area (Å²) in [4.78, 5) is 25.9. The molecule has 0 aromatic heterocycles. The maximum atomic E-state index is 13.5. The van der Waals surface area contributed by atoms with Crippen molar-refractivity contribution in [3.8, 4) is 0 Å². The van der Waals surface area contributed by atoms with Crippen molar-refractivity contribution in [1.82, 2.24) is 0 Å². The molecule has 1 heterocycles. The molecule has 2 N–H and O–H groups in total. The lowest BCUT2D eigenvalue weighted by atomic mass is 9.75. The average Bonchev–Trinajstić information content (AvgIpc) is 2.86. The number of hydrogen-bond donors (Lipinski definition) is 2. The summed E-state index contributed by atoms with van der Waals surface area (Å²) in [5.74, 6) is -1.77. The Morgan fingerprint density at radius 3 is 2.52 bits per heavy atom. The third-order valence-electron chi connectivity index (χ3n) is 5.50. The zero-order chi connectivity index (χ0) is 20.7. The molecule has 0 saturated heterocycles. The molecule has 0 fully saturated rings. The molecule has 0 amide bonds. The normalized spacial score (nSPS) is 23.3. The first-order chi connectivity index (χ1) is 13.9. The summed E-state index contributed by atoms with van der Waals surface area (Å²) in [6, 6.07) is 12.6. The lowest BCUT2D eigenvalue weighted by Crippen LogP contribution is -2.39. The third kappa shape index (κ3) is 3.49. The molecule has 0 unspecified atom stereocenters. The number of hydrogen-bond acceptors (Lipinski definition) is 5. The van der Waals surface area contributed by atoms with Crippen LogP contribution in [0.1, 0.15) is 24.9 Å². The highest BCUT2D eigenvalue weighted by Gasteiger charge is 2.44. The van der Waals surface area contributed by atoms with E-state index in [0.29, 0.717) is 22.0 Å². The molecule has 29 heavy (non-hydrogen) atoms. The summed E-state index contributed by atoms with van der Waals surface area (Å²) in [7, 11) is 1.31. The van der Waals surface area contributed by atoms with Crippen molar-refractivity contribution in [2.75, 3.05) is 17.7 Å². The highest BCUT2D eigenvalue weighted by molar-refractivity contribution is 6.42. The predicted molar refractivity (Wildman–Crippen MR) is 114 cm³/mol. The van der Waals surface area contributed by atoms with Crippen LogP contribution in [-0.2, 0) is 14.3 Å². The average molecular weight is 431 g/mol. The Bertz CT molecular complexity index is 1030. The molecular formula is C22H20Cl2N2O3. The van der Waals surface area contributed by atoms with Crippen molar-refractivity contribution in [2.24, 2.45) is 11.8 Å². The van der Waals surface area contributed by atoms with E-state index in [1.807, 2.05) is 37.3 Å². The van der Waals surface area contributed by atoms with Crippen LogP contribution in [0.15, 0.2) is 53.7 Å². The molecule has 4 rings (SSSR count). The van der Waals surface area contributed by atoms with Gasteiger partial charge in [-0.25, -0.2) is 0 Å². The quantitative estimate of drug-likeness (QED) is 0.504. The van der Waals surface area contributed by atoms with E-state index in [9.17, 15) is 9.59 Å². The van der Waals surface area contributed by atoms with Gasteiger partial charge in [0.2, 0.25) is 0 Å². The van der Waals surface area contributed by atoms with Gasteiger partial charge in [-0.1, -0.05) is 48.3 Å². The fourth-order valence-electron chi connectivity index (χ4n) is 4.08. The van der Waals surface area contributed by atoms with Crippen molar-refractivity contribution >= 4 is 46.3 Å². The number of rotatable bonds is 2. The van der Waals surface area contributed by atoms with Crippen LogP contribution in [0.5, 0.6) is 0 Å². The number of carbonyl (C=O) groups excluding carboxylic acids is 2. The number of carbonyl (C=O) groups is 2. The molecule has 0 saturated carbocycles. The standard InChI is InChI=1S/C22H20Cl2N2O3/c1-11-9-17-19(21(27)18(11)22(28)29-2)20(12-7-8-13(23)14(24)10-12)26-16-6-4-3-5-15(16)25-17/h3-8,10-11,18,20,25-26H,9H2,1-2H3/t11-,18+,20-/m0/s1. The van der Waals surface area contributed by atoms with Crippen LogP contribution in [0.3, 0.4) is 0 Å². The van der Waals surface area contributed by atoms with Gasteiger partial charge in [-0.15, -0.1) is 0 Å². The second kappa shape index (κ2) is 7.73. The molecule has 1 aliphatic heterocycles. The van der Waals surface area contributed by atoms with Gasteiger partial charge in [0.05, 0.1) is 34.6 Å². The monoisotopic (exact) mass is 430 g/mol. The highest BCUT2D eigenvalue weighted by Crippen LogP contribution is 2.44.